The van der Waals surface area contributed by atoms with Crippen LogP contribution in [0.4, 0.5) is 5.69 Å². The normalized spacial score (nSPS) is 24.4. The fourth-order valence-electron chi connectivity index (χ4n) is 7.65. The minimum Gasteiger partial charge on any atom is -0.495 e. The summed E-state index contributed by atoms with van der Waals surface area (Å²) >= 11 is 0. The largest absolute Gasteiger partial charge is 0.495 e. The number of piperidine rings is 2. The standard InChI is InChI=1S/C34H46N4O4/c1-33(2)31(34(3,4)32(33)42-28-11-8-25(21-35)29(20-28)41-5)36-30(40)24-6-9-26(10-7-24)38-18-12-23(13-19-38)22-37-16-14-27(39)15-17-37/h6-11,20,23,27,31-32,39H,12-19,22H2,1-5H3,(H,36,40). The quantitative estimate of drug-likeness (QED) is 0.465. The van der Waals surface area contributed by atoms with Gasteiger partial charge >= 0.3 is 0 Å². The highest BCUT2D eigenvalue weighted by atomic mass is 16.5. The van der Waals surface area contributed by atoms with Gasteiger partial charge in [-0.05, 0) is 68.0 Å². The van der Waals surface area contributed by atoms with Crippen LogP contribution in [-0.4, -0.2) is 74.0 Å². The summed E-state index contributed by atoms with van der Waals surface area (Å²) in [4.78, 5) is 18.3. The molecule has 2 saturated heterocycles. The van der Waals surface area contributed by atoms with Crippen molar-refractivity contribution in [3.05, 3.63) is 53.6 Å². The number of benzene rings is 2. The molecular weight excluding hydrogens is 528 g/mol. The van der Waals surface area contributed by atoms with Crippen LogP contribution in [0.5, 0.6) is 11.5 Å². The molecule has 0 atom stereocenters. The molecule has 3 fully saturated rings. The van der Waals surface area contributed by atoms with Gasteiger partial charge in [0, 0.05) is 66.9 Å². The lowest BCUT2D eigenvalue weighted by Gasteiger charge is -2.63. The molecule has 8 heteroatoms. The number of aliphatic hydroxyl groups excluding tert-OH is 1. The zero-order valence-corrected chi connectivity index (χ0v) is 25.7. The Morgan fingerprint density at radius 1 is 1.00 bits per heavy atom. The number of methoxy groups -OCH3 is 1. The van der Waals surface area contributed by atoms with Crippen molar-refractivity contribution in [1.82, 2.24) is 10.2 Å². The number of ether oxygens (including phenoxy) is 2. The lowest BCUT2D eigenvalue weighted by molar-refractivity contribution is -0.164. The molecule has 1 saturated carbocycles. The number of anilines is 1. The van der Waals surface area contributed by atoms with E-state index in [-0.39, 0.29) is 35.0 Å². The van der Waals surface area contributed by atoms with Gasteiger partial charge in [0.1, 0.15) is 23.7 Å². The SMILES string of the molecule is COc1cc(OC2C(C)(C)C(NC(=O)c3ccc(N4CCC(CN5CCC(O)CC5)CC4)cc3)C2(C)C)ccc1C#N. The molecule has 2 aromatic rings. The molecular formula is C34H46N4O4. The molecule has 42 heavy (non-hydrogen) atoms. The van der Waals surface area contributed by atoms with E-state index in [1.165, 1.54) is 18.5 Å². The fraction of sp³-hybridized carbons (Fsp3) is 0.588. The zero-order chi connectivity index (χ0) is 30.1. The van der Waals surface area contributed by atoms with Crippen molar-refractivity contribution in [2.75, 3.05) is 44.7 Å². The van der Waals surface area contributed by atoms with Gasteiger partial charge in [-0.15, -0.1) is 0 Å². The Morgan fingerprint density at radius 2 is 1.64 bits per heavy atom. The topological polar surface area (TPSA) is 98.1 Å². The molecule has 1 aliphatic carbocycles. The van der Waals surface area contributed by atoms with Gasteiger partial charge < -0.3 is 29.7 Å². The number of amides is 1. The molecule has 1 amide bonds. The summed E-state index contributed by atoms with van der Waals surface area (Å²) in [5.41, 5.74) is 1.68. The van der Waals surface area contributed by atoms with Gasteiger partial charge in [0.2, 0.25) is 0 Å². The molecule has 5 rings (SSSR count). The number of rotatable bonds is 8. The predicted molar refractivity (Wildman–Crippen MR) is 164 cm³/mol. The zero-order valence-electron chi connectivity index (χ0n) is 25.7. The maximum Gasteiger partial charge on any atom is 0.251 e. The van der Waals surface area contributed by atoms with E-state index in [2.05, 4.69) is 61.0 Å². The number of likely N-dealkylation sites (tertiary alicyclic amines) is 1. The van der Waals surface area contributed by atoms with E-state index < -0.39 is 0 Å². The van der Waals surface area contributed by atoms with Crippen molar-refractivity contribution in [1.29, 1.82) is 5.26 Å². The summed E-state index contributed by atoms with van der Waals surface area (Å²) in [7, 11) is 1.54. The molecule has 2 aromatic carbocycles. The third-order valence-electron chi connectivity index (χ3n) is 9.85. The Labute approximate surface area is 250 Å². The van der Waals surface area contributed by atoms with Crippen LogP contribution in [0.1, 0.15) is 69.3 Å². The van der Waals surface area contributed by atoms with Gasteiger partial charge in [-0.25, -0.2) is 0 Å². The highest BCUT2D eigenvalue weighted by molar-refractivity contribution is 5.95. The number of carbonyl (C=O) groups excluding carboxylic acids is 1. The van der Waals surface area contributed by atoms with Crippen LogP contribution < -0.4 is 19.7 Å². The summed E-state index contributed by atoms with van der Waals surface area (Å²) in [6.45, 7) is 13.7. The number of aliphatic hydroxyl groups is 1. The van der Waals surface area contributed by atoms with Crippen LogP contribution in [0.2, 0.25) is 0 Å². The number of nitrogens with zero attached hydrogens (tertiary/aromatic N) is 3. The maximum absolute atomic E-state index is 13.3. The van der Waals surface area contributed by atoms with Gasteiger partial charge in [-0.1, -0.05) is 27.7 Å². The van der Waals surface area contributed by atoms with Crippen molar-refractivity contribution in [3.63, 3.8) is 0 Å². The highest BCUT2D eigenvalue weighted by Gasteiger charge is 2.64. The average molecular weight is 575 g/mol. The summed E-state index contributed by atoms with van der Waals surface area (Å²) in [6.07, 6.45) is 3.89. The Morgan fingerprint density at radius 3 is 2.24 bits per heavy atom. The number of nitrogens with one attached hydrogen (secondary N) is 1. The number of hydrogen-bond acceptors (Lipinski definition) is 7. The van der Waals surface area contributed by atoms with Crippen molar-refractivity contribution in [3.8, 4) is 17.6 Å². The molecule has 0 radical (unpaired) electrons. The summed E-state index contributed by atoms with van der Waals surface area (Å²) in [6, 6.07) is 15.3. The number of carbonyl (C=O) groups is 1. The Bertz CT molecular complexity index is 1270. The second-order valence-electron chi connectivity index (χ2n) is 13.5. The lowest BCUT2D eigenvalue weighted by atomic mass is 9.49. The van der Waals surface area contributed by atoms with E-state index in [1.54, 1.807) is 25.3 Å². The summed E-state index contributed by atoms with van der Waals surface area (Å²) in [5.74, 6) is 1.77. The molecule has 0 unspecified atom stereocenters. The minimum atomic E-state index is -0.307. The first-order valence-corrected chi connectivity index (χ1v) is 15.3. The first-order valence-electron chi connectivity index (χ1n) is 15.3. The van der Waals surface area contributed by atoms with Crippen LogP contribution in [0.15, 0.2) is 42.5 Å². The second-order valence-corrected chi connectivity index (χ2v) is 13.5. The van der Waals surface area contributed by atoms with Crippen LogP contribution in [0.3, 0.4) is 0 Å². The second kappa shape index (κ2) is 12.1. The molecule has 2 N–H and O–H groups in total. The van der Waals surface area contributed by atoms with Crippen LogP contribution in [-0.2, 0) is 0 Å². The average Bonchev–Trinajstić information content (AvgIpc) is 2.99. The van der Waals surface area contributed by atoms with Gasteiger partial charge in [-0.2, -0.15) is 5.26 Å². The Balaban J connectivity index is 1.14. The highest BCUT2D eigenvalue weighted by Crippen LogP contribution is 2.55. The van der Waals surface area contributed by atoms with Crippen molar-refractivity contribution < 1.29 is 19.4 Å². The van der Waals surface area contributed by atoms with Crippen molar-refractivity contribution in [2.24, 2.45) is 16.7 Å². The van der Waals surface area contributed by atoms with E-state index in [0.717, 1.165) is 45.6 Å². The maximum atomic E-state index is 13.3. The van der Waals surface area contributed by atoms with Gasteiger partial charge in [-0.3, -0.25) is 4.79 Å². The van der Waals surface area contributed by atoms with E-state index in [0.29, 0.717) is 28.5 Å². The monoisotopic (exact) mass is 574 g/mol. The third-order valence-corrected chi connectivity index (χ3v) is 9.85. The van der Waals surface area contributed by atoms with Gasteiger partial charge in [0.15, 0.2) is 0 Å². The van der Waals surface area contributed by atoms with Crippen LogP contribution in [0.25, 0.3) is 0 Å². The van der Waals surface area contributed by atoms with Crippen molar-refractivity contribution in [2.45, 2.75) is 71.6 Å². The number of hydrogen-bond donors (Lipinski definition) is 2. The first kappa shape index (κ1) is 30.2. The Kier molecular flexibility index (Phi) is 8.73. The summed E-state index contributed by atoms with van der Waals surface area (Å²) in [5, 5.41) is 22.3. The predicted octanol–water partition coefficient (Wildman–Crippen LogP) is 4.85. The summed E-state index contributed by atoms with van der Waals surface area (Å²) < 4.78 is 11.8. The molecule has 0 aromatic heterocycles. The van der Waals surface area contributed by atoms with Crippen LogP contribution in [0, 0.1) is 28.1 Å². The fourth-order valence-corrected chi connectivity index (χ4v) is 7.65. The van der Waals surface area contributed by atoms with Crippen LogP contribution >= 0.6 is 0 Å². The van der Waals surface area contributed by atoms with E-state index in [4.69, 9.17) is 9.47 Å². The molecule has 8 nitrogen and oxygen atoms in total. The molecule has 2 heterocycles. The smallest absolute Gasteiger partial charge is 0.251 e. The van der Waals surface area contributed by atoms with E-state index in [1.807, 2.05) is 12.1 Å². The van der Waals surface area contributed by atoms with Crippen molar-refractivity contribution >= 4 is 11.6 Å². The first-order chi connectivity index (χ1) is 20.0. The van der Waals surface area contributed by atoms with E-state index in [9.17, 15) is 15.2 Å². The molecule has 226 valence electrons. The minimum absolute atomic E-state index is 0.0726. The molecule has 0 bridgehead atoms. The van der Waals surface area contributed by atoms with Gasteiger partial charge in [0.25, 0.3) is 5.91 Å². The molecule has 2 aliphatic heterocycles. The molecule has 3 aliphatic rings. The molecule has 0 spiro atoms. The van der Waals surface area contributed by atoms with Gasteiger partial charge in [0.05, 0.1) is 18.8 Å². The number of nitriles is 1. The lowest BCUT2D eigenvalue weighted by Crippen LogP contribution is -2.74. The third kappa shape index (κ3) is 6.09. The van der Waals surface area contributed by atoms with E-state index >= 15 is 0 Å². The Hall–Kier alpha value is -3.28.